The summed E-state index contributed by atoms with van der Waals surface area (Å²) in [7, 11) is 0. The minimum Gasteiger partial charge on any atom is -0.504 e. The molecule has 0 aromatic rings. The second-order valence-electron chi connectivity index (χ2n) is 4.08. The van der Waals surface area contributed by atoms with Crippen LogP contribution in [0.3, 0.4) is 0 Å². The molecule has 2 heterocycles. The third-order valence-electron chi connectivity index (χ3n) is 2.34. The zero-order valence-electron chi connectivity index (χ0n) is 9.70. The van der Waals surface area contributed by atoms with Crippen LogP contribution in [0.5, 0.6) is 0 Å². The number of allylic oxidation sites excluding steroid dienone is 3. The van der Waals surface area contributed by atoms with Crippen molar-refractivity contribution in [2.75, 3.05) is 26.4 Å². The summed E-state index contributed by atoms with van der Waals surface area (Å²) < 4.78 is 15.1. The van der Waals surface area contributed by atoms with Gasteiger partial charge in [-0.15, -0.1) is 0 Å². The largest absolute Gasteiger partial charge is 0.504 e. The van der Waals surface area contributed by atoms with E-state index in [4.69, 9.17) is 19.3 Å². The van der Waals surface area contributed by atoms with E-state index in [-0.39, 0.29) is 5.78 Å². The van der Waals surface area contributed by atoms with Crippen LogP contribution in [0.15, 0.2) is 24.0 Å². The number of hydrogen-bond acceptors (Lipinski definition) is 6. The van der Waals surface area contributed by atoms with Crippen molar-refractivity contribution < 1.29 is 28.9 Å². The van der Waals surface area contributed by atoms with Gasteiger partial charge in [0.15, 0.2) is 11.5 Å². The molecule has 18 heavy (non-hydrogen) atoms. The van der Waals surface area contributed by atoms with Crippen molar-refractivity contribution in [3.63, 3.8) is 0 Å². The molecular weight excluding hydrogens is 240 g/mol. The molecule has 0 aromatic carbocycles. The smallest absolute Gasteiger partial charge is 0.220 e. The fraction of sp³-hybridized carbons (Fsp3) is 0.500. The molecule has 0 saturated carbocycles. The van der Waals surface area contributed by atoms with E-state index in [0.29, 0.717) is 12.2 Å². The van der Waals surface area contributed by atoms with Crippen molar-refractivity contribution in [1.82, 2.24) is 0 Å². The van der Waals surface area contributed by atoms with E-state index in [1.54, 1.807) is 0 Å². The number of epoxide rings is 2. The lowest BCUT2D eigenvalue weighted by Gasteiger charge is -1.95. The van der Waals surface area contributed by atoms with Crippen molar-refractivity contribution in [1.29, 1.82) is 0 Å². The van der Waals surface area contributed by atoms with Crippen LogP contribution in [-0.2, 0) is 23.8 Å². The third-order valence-corrected chi connectivity index (χ3v) is 2.34. The Kier molecular flexibility index (Phi) is 4.24. The molecule has 0 spiro atoms. The van der Waals surface area contributed by atoms with Crippen molar-refractivity contribution in [2.45, 2.75) is 12.2 Å². The zero-order chi connectivity index (χ0) is 13.0. The van der Waals surface area contributed by atoms with Gasteiger partial charge >= 0.3 is 0 Å². The summed E-state index contributed by atoms with van der Waals surface area (Å²) in [6.07, 6.45) is 3.83. The molecule has 2 aliphatic heterocycles. The Labute approximate surface area is 104 Å². The minimum atomic E-state index is -0.519. The van der Waals surface area contributed by atoms with Crippen LogP contribution in [0.25, 0.3) is 0 Å². The minimum absolute atomic E-state index is 0.355. The maximum Gasteiger partial charge on any atom is 0.220 e. The first-order chi connectivity index (χ1) is 8.65. The molecule has 2 atom stereocenters. The average Bonchev–Trinajstić information content (AvgIpc) is 3.18. The summed E-state index contributed by atoms with van der Waals surface area (Å²) in [6, 6.07) is 0. The van der Waals surface area contributed by atoms with E-state index in [2.05, 4.69) is 0 Å². The highest BCUT2D eigenvalue weighted by Gasteiger charge is 2.26. The molecular formula is C12H14O6. The maximum absolute atomic E-state index is 10.4. The summed E-state index contributed by atoms with van der Waals surface area (Å²) in [5.74, 6) is -1.36. The Morgan fingerprint density at radius 2 is 1.72 bits per heavy atom. The molecule has 0 aromatic heterocycles. The second-order valence-corrected chi connectivity index (χ2v) is 4.08. The second kappa shape index (κ2) is 5.90. The Balaban J connectivity index is 0.000000134. The van der Waals surface area contributed by atoms with Crippen LogP contribution in [0, 0.1) is 0 Å². The van der Waals surface area contributed by atoms with Gasteiger partial charge in [-0.05, 0) is 12.2 Å². The maximum atomic E-state index is 10.4. The molecule has 0 amide bonds. The summed E-state index contributed by atoms with van der Waals surface area (Å²) in [5.41, 5.74) is 0. The molecule has 3 aliphatic rings. The predicted octanol–water partition coefficient (Wildman–Crippen LogP) is -0.0631. The molecule has 0 radical (unpaired) electrons. The fourth-order valence-corrected chi connectivity index (χ4v) is 1.16. The number of carbonyl (C=O) groups is 2. The summed E-state index contributed by atoms with van der Waals surface area (Å²) in [4.78, 5) is 20.7. The van der Waals surface area contributed by atoms with E-state index in [1.165, 1.54) is 0 Å². The Hall–Kier alpha value is -1.50. The van der Waals surface area contributed by atoms with Crippen LogP contribution in [0.1, 0.15) is 0 Å². The first kappa shape index (κ1) is 12.9. The quantitative estimate of drug-likeness (QED) is 0.558. The van der Waals surface area contributed by atoms with E-state index >= 15 is 0 Å². The first-order valence-corrected chi connectivity index (χ1v) is 5.63. The first-order valence-electron chi connectivity index (χ1n) is 5.63. The van der Waals surface area contributed by atoms with Gasteiger partial charge < -0.3 is 19.3 Å². The van der Waals surface area contributed by atoms with Gasteiger partial charge in [-0.3, -0.25) is 9.59 Å². The van der Waals surface area contributed by atoms with Gasteiger partial charge in [-0.25, -0.2) is 0 Å². The summed E-state index contributed by atoms with van der Waals surface area (Å²) in [5, 5.41) is 8.59. The van der Waals surface area contributed by atoms with Crippen LogP contribution in [0.2, 0.25) is 0 Å². The molecule has 1 N–H and O–H groups in total. The average molecular weight is 254 g/mol. The molecule has 6 nitrogen and oxygen atoms in total. The van der Waals surface area contributed by atoms with Crippen LogP contribution in [0.4, 0.5) is 0 Å². The normalized spacial score (nSPS) is 28.3. The highest BCUT2D eigenvalue weighted by atomic mass is 16.6. The van der Waals surface area contributed by atoms with Crippen molar-refractivity contribution in [3.05, 3.63) is 24.0 Å². The molecule has 2 fully saturated rings. The van der Waals surface area contributed by atoms with Gasteiger partial charge in [0.2, 0.25) is 5.78 Å². The standard InChI is InChI=1S/C6H10O3.C6H4O3/c1(5-3-8-5)7-2-6-4-9-6;7-4-1-2-5(8)6(9)3-4/h5-6H,1-4H2;1-3,9H. The number of ether oxygens (including phenoxy) is 3. The van der Waals surface area contributed by atoms with E-state index in [1.807, 2.05) is 0 Å². The molecule has 2 unspecified atom stereocenters. The van der Waals surface area contributed by atoms with Gasteiger partial charge in [0.25, 0.3) is 0 Å². The Morgan fingerprint density at radius 1 is 1.17 bits per heavy atom. The van der Waals surface area contributed by atoms with Gasteiger partial charge in [0.1, 0.15) is 12.2 Å². The van der Waals surface area contributed by atoms with E-state index in [0.717, 1.165) is 44.7 Å². The zero-order valence-corrected chi connectivity index (χ0v) is 9.70. The highest BCUT2D eigenvalue weighted by molar-refractivity contribution is 6.15. The lowest BCUT2D eigenvalue weighted by molar-refractivity contribution is -0.116. The lowest BCUT2D eigenvalue weighted by atomic mass is 10.1. The van der Waals surface area contributed by atoms with Gasteiger partial charge in [0, 0.05) is 6.08 Å². The summed E-state index contributed by atoms with van der Waals surface area (Å²) in [6.45, 7) is 3.26. The number of carbonyl (C=O) groups excluding carboxylic acids is 2. The molecule has 0 bridgehead atoms. The molecule has 1 aliphatic carbocycles. The monoisotopic (exact) mass is 254 g/mol. The van der Waals surface area contributed by atoms with Gasteiger partial charge in [0.05, 0.1) is 26.4 Å². The number of hydrogen-bond donors (Lipinski definition) is 1. The molecule has 98 valence electrons. The molecule has 6 heteroatoms. The Morgan fingerprint density at radius 3 is 2.11 bits per heavy atom. The molecule has 2 saturated heterocycles. The highest BCUT2D eigenvalue weighted by Crippen LogP contribution is 2.12. The van der Waals surface area contributed by atoms with E-state index in [9.17, 15) is 9.59 Å². The molecule has 3 rings (SSSR count). The van der Waals surface area contributed by atoms with Crippen LogP contribution in [-0.4, -0.2) is 55.3 Å². The van der Waals surface area contributed by atoms with Crippen molar-refractivity contribution in [2.24, 2.45) is 0 Å². The predicted molar refractivity (Wildman–Crippen MR) is 60.2 cm³/mol. The van der Waals surface area contributed by atoms with Gasteiger partial charge in [-0.1, -0.05) is 0 Å². The summed E-state index contributed by atoms with van der Waals surface area (Å²) >= 11 is 0. The van der Waals surface area contributed by atoms with Crippen LogP contribution >= 0.6 is 0 Å². The third kappa shape index (κ3) is 4.79. The van der Waals surface area contributed by atoms with Gasteiger partial charge in [-0.2, -0.15) is 0 Å². The number of aliphatic hydroxyl groups excluding tert-OH is 1. The number of rotatable bonds is 4. The van der Waals surface area contributed by atoms with E-state index < -0.39 is 11.5 Å². The number of ketones is 2. The van der Waals surface area contributed by atoms with Crippen LogP contribution < -0.4 is 0 Å². The fourth-order valence-electron chi connectivity index (χ4n) is 1.16. The number of aliphatic hydroxyl groups is 1. The Bertz CT molecular complexity index is 377. The topological polar surface area (TPSA) is 88.7 Å². The van der Waals surface area contributed by atoms with Crippen molar-refractivity contribution in [3.8, 4) is 0 Å². The SMILES string of the molecule is C(OCC1CO1)C1CO1.O=C1C=CC(=O)C(O)=C1. The lowest BCUT2D eigenvalue weighted by Crippen LogP contribution is -2.06. The van der Waals surface area contributed by atoms with Crippen molar-refractivity contribution >= 4 is 11.6 Å².